The summed E-state index contributed by atoms with van der Waals surface area (Å²) in [6, 6.07) is 18.4. The second-order valence-electron chi connectivity index (χ2n) is 9.31. The highest BCUT2D eigenvalue weighted by Gasteiger charge is 2.25. The maximum absolute atomic E-state index is 10.6. The van der Waals surface area contributed by atoms with E-state index in [1.807, 2.05) is 73.1 Å². The van der Waals surface area contributed by atoms with Crippen molar-refractivity contribution in [2.24, 2.45) is 0 Å². The van der Waals surface area contributed by atoms with Crippen molar-refractivity contribution in [1.29, 1.82) is 0 Å². The molecule has 3 aromatic rings. The summed E-state index contributed by atoms with van der Waals surface area (Å²) in [5, 5.41) is 15.6. The van der Waals surface area contributed by atoms with Gasteiger partial charge in [-0.1, -0.05) is 42.8 Å². The predicted molar refractivity (Wildman–Crippen MR) is 137 cm³/mol. The zero-order valence-electron chi connectivity index (χ0n) is 21.4. The third-order valence-electron chi connectivity index (χ3n) is 5.75. The van der Waals surface area contributed by atoms with Crippen molar-refractivity contribution in [2.75, 3.05) is 13.2 Å². The molecule has 0 aliphatic rings. The van der Waals surface area contributed by atoms with Crippen LogP contribution in [-0.4, -0.2) is 51.2 Å². The summed E-state index contributed by atoms with van der Waals surface area (Å²) in [5.74, 6) is 1.48. The molecule has 0 saturated heterocycles. The van der Waals surface area contributed by atoms with E-state index in [1.165, 1.54) is 5.56 Å². The van der Waals surface area contributed by atoms with E-state index in [0.717, 1.165) is 29.1 Å². The van der Waals surface area contributed by atoms with Crippen LogP contribution in [0.25, 0.3) is 5.69 Å². The normalized spacial score (nSPS) is 12.6. The fraction of sp³-hybridized carbons (Fsp3) is 0.464. The zero-order valence-corrected chi connectivity index (χ0v) is 21.4. The highest BCUT2D eigenvalue weighted by molar-refractivity contribution is 5.44. The Morgan fingerprint density at radius 3 is 2.26 bits per heavy atom. The Morgan fingerprint density at radius 2 is 1.68 bits per heavy atom. The highest BCUT2D eigenvalue weighted by atomic mass is 16.5. The van der Waals surface area contributed by atoms with E-state index >= 15 is 0 Å². The van der Waals surface area contributed by atoms with Crippen molar-refractivity contribution in [3.63, 3.8) is 0 Å². The first kappa shape index (κ1) is 25.9. The molecule has 1 N–H and O–H groups in total. The van der Waals surface area contributed by atoms with Crippen LogP contribution in [0, 0.1) is 6.92 Å². The summed E-state index contributed by atoms with van der Waals surface area (Å²) in [4.78, 5) is 2.25. The van der Waals surface area contributed by atoms with Crippen molar-refractivity contribution >= 4 is 0 Å². The number of rotatable bonds is 12. The molecular weight excluding hydrogens is 426 g/mol. The van der Waals surface area contributed by atoms with Crippen LogP contribution in [0.3, 0.4) is 0 Å². The van der Waals surface area contributed by atoms with Crippen LogP contribution in [0.2, 0.25) is 0 Å². The van der Waals surface area contributed by atoms with E-state index in [1.54, 1.807) is 0 Å². The third kappa shape index (κ3) is 6.92. The van der Waals surface area contributed by atoms with E-state index < -0.39 is 6.10 Å². The predicted octanol–water partition coefficient (Wildman–Crippen LogP) is 5.53. The van der Waals surface area contributed by atoms with E-state index in [-0.39, 0.29) is 12.1 Å². The Hall–Kier alpha value is -2.67. The lowest BCUT2D eigenvalue weighted by Crippen LogP contribution is -2.39. The molecule has 0 aliphatic carbocycles. The fourth-order valence-electron chi connectivity index (χ4n) is 3.78. The lowest BCUT2D eigenvalue weighted by Gasteiger charge is -2.29. The summed E-state index contributed by atoms with van der Waals surface area (Å²) in [5.41, 5.74) is 4.16. The first-order valence-electron chi connectivity index (χ1n) is 12.2. The van der Waals surface area contributed by atoms with E-state index in [4.69, 9.17) is 14.6 Å². The molecule has 0 radical (unpaired) electrons. The maximum Gasteiger partial charge on any atom is 0.227 e. The number of hydrogen-bond donors (Lipinski definition) is 1. The largest absolute Gasteiger partial charge is 0.439 e. The van der Waals surface area contributed by atoms with Gasteiger partial charge < -0.3 is 14.6 Å². The van der Waals surface area contributed by atoms with Crippen molar-refractivity contribution in [1.82, 2.24) is 14.7 Å². The smallest absolute Gasteiger partial charge is 0.227 e. The number of hydrogen-bond acceptors (Lipinski definition) is 5. The number of benzene rings is 2. The van der Waals surface area contributed by atoms with Crippen LogP contribution < -0.4 is 4.74 Å². The Balaban J connectivity index is 1.98. The van der Waals surface area contributed by atoms with Crippen LogP contribution >= 0.6 is 0 Å². The lowest BCUT2D eigenvalue weighted by molar-refractivity contribution is -0.0137. The summed E-state index contributed by atoms with van der Waals surface area (Å²) in [6.07, 6.45) is 0.303. The zero-order chi connectivity index (χ0) is 24.7. The summed E-state index contributed by atoms with van der Waals surface area (Å²) in [7, 11) is 0. The minimum absolute atomic E-state index is 0.0902. The third-order valence-corrected chi connectivity index (χ3v) is 5.75. The Labute approximate surface area is 204 Å². The van der Waals surface area contributed by atoms with Gasteiger partial charge in [-0.2, -0.15) is 5.10 Å². The summed E-state index contributed by atoms with van der Waals surface area (Å²) in [6.45, 7) is 13.9. The van der Waals surface area contributed by atoms with E-state index in [2.05, 4.69) is 32.6 Å². The second-order valence-corrected chi connectivity index (χ2v) is 9.31. The number of aryl methyl sites for hydroxylation is 2. The Morgan fingerprint density at radius 1 is 1.00 bits per heavy atom. The quantitative estimate of drug-likeness (QED) is 0.381. The minimum Gasteiger partial charge on any atom is -0.439 e. The van der Waals surface area contributed by atoms with Gasteiger partial charge in [-0.15, -0.1) is 0 Å². The molecule has 0 saturated carbocycles. The van der Waals surface area contributed by atoms with Gasteiger partial charge >= 0.3 is 0 Å². The van der Waals surface area contributed by atoms with Gasteiger partial charge in [0.05, 0.1) is 35.8 Å². The summed E-state index contributed by atoms with van der Waals surface area (Å²) < 4.78 is 14.0. The SMILES string of the molecule is CCc1nn(-c2ccccc2)c(Oc2ccc(C)cc2)c1CN(C[C@@H](O)COC(C)C)C(C)C. The van der Waals surface area contributed by atoms with E-state index in [9.17, 15) is 5.11 Å². The number of aliphatic hydroxyl groups is 1. The molecule has 0 aliphatic heterocycles. The molecule has 3 rings (SSSR count). The molecule has 6 heteroatoms. The molecule has 1 heterocycles. The van der Waals surface area contributed by atoms with Gasteiger partial charge in [-0.3, -0.25) is 4.90 Å². The first-order chi connectivity index (χ1) is 16.3. The topological polar surface area (TPSA) is 59.8 Å². The van der Waals surface area contributed by atoms with Crippen LogP contribution in [-0.2, 0) is 17.7 Å². The Kier molecular flexibility index (Phi) is 9.28. The molecule has 184 valence electrons. The van der Waals surface area contributed by atoms with Crippen molar-refractivity contribution in [2.45, 2.75) is 72.8 Å². The molecule has 34 heavy (non-hydrogen) atoms. The first-order valence-corrected chi connectivity index (χ1v) is 12.2. The van der Waals surface area contributed by atoms with Crippen molar-refractivity contribution in [3.05, 3.63) is 71.4 Å². The molecular formula is C28H39N3O3. The number of ether oxygens (including phenoxy) is 2. The molecule has 2 aromatic carbocycles. The number of para-hydroxylation sites is 1. The lowest BCUT2D eigenvalue weighted by atomic mass is 10.1. The molecule has 1 aromatic heterocycles. The Bertz CT molecular complexity index is 1010. The average molecular weight is 466 g/mol. The molecule has 0 amide bonds. The van der Waals surface area contributed by atoms with Gasteiger partial charge in [0.15, 0.2) is 0 Å². The van der Waals surface area contributed by atoms with Gasteiger partial charge in [0.2, 0.25) is 5.88 Å². The molecule has 1 atom stereocenters. The summed E-state index contributed by atoms with van der Waals surface area (Å²) >= 11 is 0. The van der Waals surface area contributed by atoms with Crippen molar-refractivity contribution in [3.8, 4) is 17.3 Å². The van der Waals surface area contributed by atoms with Gasteiger partial charge in [-0.25, -0.2) is 4.68 Å². The molecule has 0 spiro atoms. The molecule has 0 bridgehead atoms. The fourth-order valence-corrected chi connectivity index (χ4v) is 3.78. The van der Waals surface area contributed by atoms with Gasteiger partial charge in [-0.05, 0) is 65.3 Å². The minimum atomic E-state index is -0.569. The maximum atomic E-state index is 10.6. The number of aliphatic hydroxyl groups excluding tert-OH is 1. The van der Waals surface area contributed by atoms with Crippen LogP contribution in [0.4, 0.5) is 0 Å². The van der Waals surface area contributed by atoms with Gasteiger partial charge in [0, 0.05) is 19.1 Å². The molecule has 0 fully saturated rings. The standard InChI is InChI=1S/C28H39N3O3/c1-7-27-26(18-30(20(2)3)17-24(32)19-33-21(4)5)28(34-25-15-13-22(6)14-16-25)31(29-27)23-11-9-8-10-12-23/h8-16,20-21,24,32H,7,17-19H2,1-6H3/t24-/m1/s1. The van der Waals surface area contributed by atoms with Gasteiger partial charge in [0.1, 0.15) is 5.75 Å². The number of aromatic nitrogens is 2. The highest BCUT2D eigenvalue weighted by Crippen LogP contribution is 2.32. The molecule has 0 unspecified atom stereocenters. The molecule has 6 nitrogen and oxygen atoms in total. The number of nitrogens with zero attached hydrogens (tertiary/aromatic N) is 3. The van der Waals surface area contributed by atoms with E-state index in [0.29, 0.717) is 25.6 Å². The van der Waals surface area contributed by atoms with Gasteiger partial charge in [0.25, 0.3) is 0 Å². The van der Waals surface area contributed by atoms with Crippen LogP contribution in [0.5, 0.6) is 11.6 Å². The van der Waals surface area contributed by atoms with Crippen molar-refractivity contribution < 1.29 is 14.6 Å². The second kappa shape index (κ2) is 12.2. The van der Waals surface area contributed by atoms with Crippen LogP contribution in [0.1, 0.15) is 51.4 Å². The monoisotopic (exact) mass is 465 g/mol. The average Bonchev–Trinajstić information content (AvgIpc) is 3.16. The van der Waals surface area contributed by atoms with Crippen LogP contribution in [0.15, 0.2) is 54.6 Å².